The fourth-order valence-corrected chi connectivity index (χ4v) is 2.18. The molecular weight excluding hydrogens is 260 g/mol. The Kier molecular flexibility index (Phi) is 5.46. The molecule has 0 N–H and O–H groups in total. The van der Waals surface area contributed by atoms with Crippen LogP contribution in [0.1, 0.15) is 23.1 Å². The second kappa shape index (κ2) is 7.79. The Morgan fingerprint density at radius 2 is 1.90 bits per heavy atom. The van der Waals surface area contributed by atoms with E-state index in [0.29, 0.717) is 25.1 Å². The van der Waals surface area contributed by atoms with Gasteiger partial charge in [-0.15, -0.1) is 0 Å². The second-order valence-electron chi connectivity index (χ2n) is 4.75. The average molecular weight is 276 g/mol. The monoisotopic (exact) mass is 276 g/mol. The lowest BCUT2D eigenvalue weighted by Crippen LogP contribution is -2.24. The van der Waals surface area contributed by atoms with E-state index in [1.54, 1.807) is 6.20 Å². The topological polar surface area (TPSA) is 63.7 Å². The molecule has 0 spiro atoms. The number of nitrogens with zero attached hydrogens (tertiary/aromatic N) is 4. The van der Waals surface area contributed by atoms with Crippen molar-refractivity contribution in [3.05, 3.63) is 65.5 Å². The molecule has 0 aliphatic heterocycles. The number of pyridine rings is 1. The van der Waals surface area contributed by atoms with Gasteiger partial charge in [-0.05, 0) is 23.3 Å². The Balaban J connectivity index is 2.13. The van der Waals surface area contributed by atoms with Gasteiger partial charge in [0.15, 0.2) is 0 Å². The predicted octanol–water partition coefficient (Wildman–Crippen LogP) is 2.87. The van der Waals surface area contributed by atoms with Gasteiger partial charge in [-0.2, -0.15) is 10.5 Å². The van der Waals surface area contributed by atoms with Gasteiger partial charge in [0.25, 0.3) is 0 Å². The van der Waals surface area contributed by atoms with Gasteiger partial charge >= 0.3 is 0 Å². The maximum absolute atomic E-state index is 9.17. The van der Waals surface area contributed by atoms with Crippen LogP contribution >= 0.6 is 0 Å². The number of hydrogen-bond acceptors (Lipinski definition) is 4. The van der Waals surface area contributed by atoms with Gasteiger partial charge < -0.3 is 0 Å². The molecule has 104 valence electrons. The summed E-state index contributed by atoms with van der Waals surface area (Å²) in [6.07, 6.45) is 4.04. The smallest absolute Gasteiger partial charge is 0.0995 e. The van der Waals surface area contributed by atoms with Gasteiger partial charge in [0, 0.05) is 38.4 Å². The first kappa shape index (κ1) is 14.7. The van der Waals surface area contributed by atoms with Gasteiger partial charge in [0.05, 0.1) is 17.7 Å². The van der Waals surface area contributed by atoms with Crippen molar-refractivity contribution in [3.8, 4) is 12.1 Å². The van der Waals surface area contributed by atoms with Gasteiger partial charge in [-0.3, -0.25) is 9.88 Å². The Labute approximate surface area is 124 Å². The number of rotatable bonds is 6. The zero-order chi connectivity index (χ0) is 14.9. The van der Waals surface area contributed by atoms with E-state index in [1.165, 1.54) is 0 Å². The molecule has 0 aliphatic carbocycles. The quantitative estimate of drug-likeness (QED) is 0.813. The van der Waals surface area contributed by atoms with Gasteiger partial charge in [0.2, 0.25) is 0 Å². The summed E-state index contributed by atoms with van der Waals surface area (Å²) in [6, 6.07) is 15.9. The van der Waals surface area contributed by atoms with Gasteiger partial charge in [-0.25, -0.2) is 0 Å². The molecule has 2 rings (SSSR count). The van der Waals surface area contributed by atoms with E-state index in [4.69, 9.17) is 10.5 Å². The Hall–Kier alpha value is -2.69. The lowest BCUT2D eigenvalue weighted by Gasteiger charge is -2.21. The van der Waals surface area contributed by atoms with Crippen molar-refractivity contribution in [1.29, 1.82) is 10.5 Å². The average Bonchev–Trinajstić information content (AvgIpc) is 2.54. The molecule has 4 nitrogen and oxygen atoms in total. The molecule has 0 amide bonds. The largest absolute Gasteiger partial charge is 0.294 e. The van der Waals surface area contributed by atoms with Crippen molar-refractivity contribution in [3.63, 3.8) is 0 Å². The highest BCUT2D eigenvalue weighted by Crippen LogP contribution is 2.13. The van der Waals surface area contributed by atoms with E-state index in [-0.39, 0.29) is 0 Å². The summed E-state index contributed by atoms with van der Waals surface area (Å²) in [5.41, 5.74) is 2.78. The molecule has 1 aromatic heterocycles. The lowest BCUT2D eigenvalue weighted by atomic mass is 10.1. The van der Waals surface area contributed by atoms with Crippen LogP contribution in [0, 0.1) is 22.7 Å². The van der Waals surface area contributed by atoms with Gasteiger partial charge in [-0.1, -0.05) is 24.3 Å². The first-order valence-electron chi connectivity index (χ1n) is 6.79. The molecule has 0 aliphatic rings. The van der Waals surface area contributed by atoms with E-state index >= 15 is 0 Å². The summed E-state index contributed by atoms with van der Waals surface area (Å²) in [5, 5.41) is 18.0. The molecule has 0 unspecified atom stereocenters. The van der Waals surface area contributed by atoms with Crippen LogP contribution in [0.5, 0.6) is 0 Å². The van der Waals surface area contributed by atoms with Crippen LogP contribution in [0.15, 0.2) is 48.8 Å². The van der Waals surface area contributed by atoms with Crippen LogP contribution in [0.25, 0.3) is 0 Å². The van der Waals surface area contributed by atoms with Crippen LogP contribution in [0.3, 0.4) is 0 Å². The molecular formula is C17H16N4. The molecule has 2 aromatic rings. The molecule has 0 radical (unpaired) electrons. The summed E-state index contributed by atoms with van der Waals surface area (Å²) in [7, 11) is 0. The fraction of sp³-hybridized carbons (Fsp3) is 0.235. The SMILES string of the molecule is N#CCCN(Cc1cccnc1)Cc1ccccc1C#N. The van der Waals surface area contributed by atoms with Crippen molar-refractivity contribution >= 4 is 0 Å². The van der Waals surface area contributed by atoms with Crippen molar-refractivity contribution in [2.24, 2.45) is 0 Å². The fourth-order valence-electron chi connectivity index (χ4n) is 2.18. The molecule has 0 bridgehead atoms. The Morgan fingerprint density at radius 1 is 1.05 bits per heavy atom. The standard InChI is InChI=1S/C17H16N4/c18-8-4-10-21(13-15-5-3-9-20-12-15)14-17-7-2-1-6-16(17)11-19/h1-3,5-7,9,12H,4,10,13-14H2. The summed E-state index contributed by atoms with van der Waals surface area (Å²) >= 11 is 0. The third-order valence-electron chi connectivity index (χ3n) is 3.20. The van der Waals surface area contributed by atoms with E-state index < -0.39 is 0 Å². The van der Waals surface area contributed by atoms with Gasteiger partial charge in [0.1, 0.15) is 0 Å². The number of aromatic nitrogens is 1. The van der Waals surface area contributed by atoms with Crippen molar-refractivity contribution in [2.45, 2.75) is 19.5 Å². The highest BCUT2D eigenvalue weighted by molar-refractivity contribution is 5.37. The van der Waals surface area contributed by atoms with Crippen molar-refractivity contribution in [2.75, 3.05) is 6.54 Å². The zero-order valence-corrected chi connectivity index (χ0v) is 11.7. The summed E-state index contributed by atoms with van der Waals surface area (Å²) in [6.45, 7) is 2.04. The maximum Gasteiger partial charge on any atom is 0.0995 e. The minimum Gasteiger partial charge on any atom is -0.294 e. The normalized spacial score (nSPS) is 10.0. The molecule has 21 heavy (non-hydrogen) atoms. The molecule has 0 saturated heterocycles. The van der Waals surface area contributed by atoms with Crippen LogP contribution < -0.4 is 0 Å². The highest BCUT2D eigenvalue weighted by atomic mass is 15.1. The predicted molar refractivity (Wildman–Crippen MR) is 79.7 cm³/mol. The van der Waals surface area contributed by atoms with E-state index in [1.807, 2.05) is 42.6 Å². The first-order chi connectivity index (χ1) is 10.3. The number of hydrogen-bond donors (Lipinski definition) is 0. The zero-order valence-electron chi connectivity index (χ0n) is 11.7. The lowest BCUT2D eigenvalue weighted by molar-refractivity contribution is 0.262. The maximum atomic E-state index is 9.17. The third-order valence-corrected chi connectivity index (χ3v) is 3.20. The molecule has 0 fully saturated rings. The third kappa shape index (κ3) is 4.42. The van der Waals surface area contributed by atoms with Crippen LogP contribution in [-0.2, 0) is 13.1 Å². The summed E-state index contributed by atoms with van der Waals surface area (Å²) < 4.78 is 0. The van der Waals surface area contributed by atoms with Crippen LogP contribution in [0.4, 0.5) is 0 Å². The van der Waals surface area contributed by atoms with Crippen LogP contribution in [-0.4, -0.2) is 16.4 Å². The number of nitriles is 2. The highest BCUT2D eigenvalue weighted by Gasteiger charge is 2.09. The summed E-state index contributed by atoms with van der Waals surface area (Å²) in [4.78, 5) is 6.28. The minimum absolute atomic E-state index is 0.467. The molecule has 0 atom stereocenters. The van der Waals surface area contributed by atoms with E-state index in [0.717, 1.165) is 17.7 Å². The summed E-state index contributed by atoms with van der Waals surface area (Å²) in [5.74, 6) is 0. The molecule has 0 saturated carbocycles. The van der Waals surface area contributed by atoms with E-state index in [2.05, 4.69) is 22.0 Å². The second-order valence-corrected chi connectivity index (χ2v) is 4.75. The van der Waals surface area contributed by atoms with Crippen molar-refractivity contribution in [1.82, 2.24) is 9.88 Å². The van der Waals surface area contributed by atoms with Crippen molar-refractivity contribution < 1.29 is 0 Å². The Morgan fingerprint density at radius 3 is 2.62 bits per heavy atom. The minimum atomic E-state index is 0.467. The number of benzene rings is 1. The van der Waals surface area contributed by atoms with Crippen LogP contribution in [0.2, 0.25) is 0 Å². The Bertz CT molecular complexity index is 652. The molecule has 1 aromatic carbocycles. The first-order valence-corrected chi connectivity index (χ1v) is 6.79. The molecule has 4 heteroatoms. The molecule has 1 heterocycles. The van der Waals surface area contributed by atoms with E-state index in [9.17, 15) is 0 Å².